The first-order valence-corrected chi connectivity index (χ1v) is 5.25. The molecule has 0 atom stereocenters. The molecule has 1 aromatic heterocycles. The zero-order valence-corrected chi connectivity index (χ0v) is 8.35. The van der Waals surface area contributed by atoms with Gasteiger partial charge in [-0.15, -0.1) is 11.3 Å². The van der Waals surface area contributed by atoms with Gasteiger partial charge in [-0.05, 0) is 23.6 Å². The number of hydrogen-bond acceptors (Lipinski definition) is 2. The van der Waals surface area contributed by atoms with Gasteiger partial charge in [-0.3, -0.25) is 0 Å². The largest absolute Gasteiger partial charge is 0.378 e. The van der Waals surface area contributed by atoms with Crippen molar-refractivity contribution >= 4 is 17.0 Å². The standard InChI is InChI=1S/C11H10FNS/c12-10-5-1-2-6-11(10)13-8-9-4-3-7-14-9/h1-7,13H,8H2. The highest BCUT2D eigenvalue weighted by Gasteiger charge is 1.99. The Kier molecular flexibility index (Phi) is 2.79. The Balaban J connectivity index is 2.02. The summed E-state index contributed by atoms with van der Waals surface area (Å²) >= 11 is 1.66. The van der Waals surface area contributed by atoms with E-state index in [9.17, 15) is 4.39 Å². The van der Waals surface area contributed by atoms with Crippen LogP contribution in [0.1, 0.15) is 4.88 Å². The highest BCUT2D eigenvalue weighted by Crippen LogP contribution is 2.15. The third-order valence-electron chi connectivity index (χ3n) is 1.91. The Labute approximate surface area is 86.2 Å². The molecular formula is C11H10FNS. The number of nitrogens with one attached hydrogen (secondary N) is 1. The highest BCUT2D eigenvalue weighted by atomic mass is 32.1. The summed E-state index contributed by atoms with van der Waals surface area (Å²) in [7, 11) is 0. The predicted octanol–water partition coefficient (Wildman–Crippen LogP) is 3.50. The monoisotopic (exact) mass is 207 g/mol. The van der Waals surface area contributed by atoms with Crippen LogP contribution in [-0.4, -0.2) is 0 Å². The summed E-state index contributed by atoms with van der Waals surface area (Å²) in [5, 5.41) is 5.06. The van der Waals surface area contributed by atoms with Crippen molar-refractivity contribution in [2.75, 3.05) is 5.32 Å². The van der Waals surface area contributed by atoms with Gasteiger partial charge in [0, 0.05) is 11.4 Å². The minimum atomic E-state index is -0.205. The first-order chi connectivity index (χ1) is 6.86. The lowest BCUT2D eigenvalue weighted by molar-refractivity contribution is 0.630. The quantitative estimate of drug-likeness (QED) is 0.812. The van der Waals surface area contributed by atoms with Crippen LogP contribution in [-0.2, 0) is 6.54 Å². The Morgan fingerprint density at radius 1 is 1.14 bits per heavy atom. The van der Waals surface area contributed by atoms with Crippen molar-refractivity contribution in [1.82, 2.24) is 0 Å². The lowest BCUT2D eigenvalue weighted by atomic mass is 10.3. The molecule has 0 saturated heterocycles. The van der Waals surface area contributed by atoms with Crippen LogP contribution >= 0.6 is 11.3 Å². The Bertz CT molecular complexity index is 397. The summed E-state index contributed by atoms with van der Waals surface area (Å²) in [6.07, 6.45) is 0. The van der Waals surface area contributed by atoms with E-state index < -0.39 is 0 Å². The lowest BCUT2D eigenvalue weighted by Crippen LogP contribution is -1.99. The Morgan fingerprint density at radius 3 is 2.71 bits per heavy atom. The van der Waals surface area contributed by atoms with Gasteiger partial charge in [-0.25, -0.2) is 4.39 Å². The van der Waals surface area contributed by atoms with Gasteiger partial charge < -0.3 is 5.32 Å². The molecule has 0 spiro atoms. The molecule has 0 bridgehead atoms. The van der Waals surface area contributed by atoms with Crippen molar-refractivity contribution in [3.8, 4) is 0 Å². The second kappa shape index (κ2) is 4.24. The summed E-state index contributed by atoms with van der Waals surface area (Å²) in [5.74, 6) is -0.205. The first kappa shape index (κ1) is 9.21. The van der Waals surface area contributed by atoms with Crippen LogP contribution < -0.4 is 5.32 Å². The van der Waals surface area contributed by atoms with Crippen molar-refractivity contribution in [2.24, 2.45) is 0 Å². The topological polar surface area (TPSA) is 12.0 Å². The highest BCUT2D eigenvalue weighted by molar-refractivity contribution is 7.09. The van der Waals surface area contributed by atoms with E-state index in [1.165, 1.54) is 10.9 Å². The Hall–Kier alpha value is -1.35. The molecule has 2 aromatic rings. The van der Waals surface area contributed by atoms with Gasteiger partial charge in [0.25, 0.3) is 0 Å². The number of hydrogen-bond donors (Lipinski definition) is 1. The summed E-state index contributed by atoms with van der Waals surface area (Å²) in [6, 6.07) is 10.7. The fourth-order valence-electron chi connectivity index (χ4n) is 1.20. The average Bonchev–Trinajstić information content (AvgIpc) is 2.69. The summed E-state index contributed by atoms with van der Waals surface area (Å²) in [6.45, 7) is 0.679. The van der Waals surface area contributed by atoms with Crippen LogP contribution in [0.3, 0.4) is 0 Å². The molecule has 14 heavy (non-hydrogen) atoms. The molecule has 3 heteroatoms. The third-order valence-corrected chi connectivity index (χ3v) is 2.78. The van der Waals surface area contributed by atoms with E-state index in [2.05, 4.69) is 5.32 Å². The maximum absolute atomic E-state index is 13.2. The van der Waals surface area contributed by atoms with Crippen molar-refractivity contribution in [2.45, 2.75) is 6.54 Å². The average molecular weight is 207 g/mol. The van der Waals surface area contributed by atoms with Crippen molar-refractivity contribution in [1.29, 1.82) is 0 Å². The zero-order valence-electron chi connectivity index (χ0n) is 7.53. The minimum absolute atomic E-state index is 0.205. The second-order valence-corrected chi connectivity index (χ2v) is 3.95. The van der Waals surface area contributed by atoms with Crippen LogP contribution in [0.4, 0.5) is 10.1 Å². The number of thiophene rings is 1. The summed E-state index contributed by atoms with van der Waals surface area (Å²) < 4.78 is 13.2. The molecule has 0 unspecified atom stereocenters. The summed E-state index contributed by atoms with van der Waals surface area (Å²) in [4.78, 5) is 1.20. The number of rotatable bonds is 3. The van der Waals surface area contributed by atoms with Crippen LogP contribution in [0.15, 0.2) is 41.8 Å². The van der Waals surface area contributed by atoms with Gasteiger partial charge >= 0.3 is 0 Å². The SMILES string of the molecule is Fc1ccccc1NCc1cccs1. The smallest absolute Gasteiger partial charge is 0.146 e. The molecule has 1 N–H and O–H groups in total. The minimum Gasteiger partial charge on any atom is -0.378 e. The van der Waals surface area contributed by atoms with Gasteiger partial charge in [0.1, 0.15) is 5.82 Å². The van der Waals surface area contributed by atoms with Crippen LogP contribution in [0.2, 0.25) is 0 Å². The third kappa shape index (κ3) is 2.12. The zero-order chi connectivity index (χ0) is 9.80. The van der Waals surface area contributed by atoms with Gasteiger partial charge in [0.15, 0.2) is 0 Å². The van der Waals surface area contributed by atoms with Crippen molar-refractivity contribution < 1.29 is 4.39 Å². The number of benzene rings is 1. The number of para-hydroxylation sites is 1. The van der Waals surface area contributed by atoms with Gasteiger partial charge in [0.2, 0.25) is 0 Å². The molecule has 1 nitrogen and oxygen atoms in total. The molecule has 0 saturated carbocycles. The van der Waals surface area contributed by atoms with E-state index >= 15 is 0 Å². The molecule has 0 aliphatic carbocycles. The molecule has 0 aliphatic heterocycles. The van der Waals surface area contributed by atoms with Gasteiger partial charge in [0.05, 0.1) is 5.69 Å². The molecule has 0 amide bonds. The molecule has 0 fully saturated rings. The van der Waals surface area contributed by atoms with Gasteiger partial charge in [-0.1, -0.05) is 18.2 Å². The molecule has 0 aliphatic rings. The van der Waals surface area contributed by atoms with E-state index in [4.69, 9.17) is 0 Å². The maximum Gasteiger partial charge on any atom is 0.146 e. The second-order valence-electron chi connectivity index (χ2n) is 2.91. The van der Waals surface area contributed by atoms with E-state index in [1.807, 2.05) is 23.6 Å². The van der Waals surface area contributed by atoms with E-state index in [1.54, 1.807) is 23.5 Å². The van der Waals surface area contributed by atoms with E-state index in [0.717, 1.165) is 0 Å². The fourth-order valence-corrected chi connectivity index (χ4v) is 1.84. The number of halogens is 1. The molecule has 1 aromatic carbocycles. The normalized spacial score (nSPS) is 10.1. The summed E-state index contributed by atoms with van der Waals surface area (Å²) in [5.41, 5.74) is 0.556. The van der Waals surface area contributed by atoms with Gasteiger partial charge in [-0.2, -0.15) is 0 Å². The molecule has 1 heterocycles. The number of anilines is 1. The maximum atomic E-state index is 13.2. The van der Waals surface area contributed by atoms with Crippen molar-refractivity contribution in [3.05, 3.63) is 52.5 Å². The molecular weight excluding hydrogens is 197 g/mol. The molecule has 2 rings (SSSR count). The van der Waals surface area contributed by atoms with Crippen LogP contribution in [0.5, 0.6) is 0 Å². The van der Waals surface area contributed by atoms with E-state index in [-0.39, 0.29) is 5.82 Å². The molecule has 0 radical (unpaired) electrons. The van der Waals surface area contributed by atoms with Crippen LogP contribution in [0, 0.1) is 5.82 Å². The molecule has 72 valence electrons. The van der Waals surface area contributed by atoms with Crippen LogP contribution in [0.25, 0.3) is 0 Å². The first-order valence-electron chi connectivity index (χ1n) is 4.37. The van der Waals surface area contributed by atoms with E-state index in [0.29, 0.717) is 12.2 Å². The van der Waals surface area contributed by atoms with Crippen molar-refractivity contribution in [3.63, 3.8) is 0 Å². The predicted molar refractivity (Wildman–Crippen MR) is 58.0 cm³/mol. The fraction of sp³-hybridized carbons (Fsp3) is 0.0909. The Morgan fingerprint density at radius 2 is 2.00 bits per heavy atom. The lowest BCUT2D eigenvalue weighted by Gasteiger charge is -2.04.